The monoisotopic (exact) mass is 348 g/mol. The lowest BCUT2D eigenvalue weighted by atomic mass is 10.1. The van der Waals surface area contributed by atoms with Gasteiger partial charge in [-0.2, -0.15) is 13.2 Å². The number of hydrogen-bond acceptors (Lipinski definition) is 3. The third kappa shape index (κ3) is 4.19. The van der Waals surface area contributed by atoms with Crippen LogP contribution in [0.15, 0.2) is 54.7 Å². The first-order valence-corrected chi connectivity index (χ1v) is 7.57. The molecule has 0 bridgehead atoms. The minimum absolute atomic E-state index is 0.0104. The van der Waals surface area contributed by atoms with Gasteiger partial charge in [0.2, 0.25) is 0 Å². The number of rotatable bonds is 5. The van der Waals surface area contributed by atoms with Gasteiger partial charge in [-0.05, 0) is 23.3 Å². The molecule has 25 heavy (non-hydrogen) atoms. The molecule has 0 aliphatic heterocycles. The Kier molecular flexibility index (Phi) is 4.76. The molecule has 130 valence electrons. The molecule has 0 amide bonds. The molecule has 0 fully saturated rings. The van der Waals surface area contributed by atoms with Crippen LogP contribution in [0, 0.1) is 0 Å². The summed E-state index contributed by atoms with van der Waals surface area (Å²) in [5, 5.41) is 0.928. The van der Waals surface area contributed by atoms with Gasteiger partial charge in [-0.3, -0.25) is 4.79 Å². The van der Waals surface area contributed by atoms with Crippen LogP contribution >= 0.6 is 0 Å². The van der Waals surface area contributed by atoms with E-state index in [9.17, 15) is 18.0 Å². The van der Waals surface area contributed by atoms with E-state index in [2.05, 4.69) is 10.5 Å². The summed E-state index contributed by atoms with van der Waals surface area (Å²) in [7, 11) is 0. The van der Waals surface area contributed by atoms with Gasteiger partial charge in [-0.1, -0.05) is 36.4 Å². The number of carbonyl (C=O) groups excluding carboxylic acids is 1. The fourth-order valence-electron chi connectivity index (χ4n) is 2.53. The third-order valence-corrected chi connectivity index (χ3v) is 3.73. The Labute approximate surface area is 141 Å². The van der Waals surface area contributed by atoms with Gasteiger partial charge < -0.3 is 9.82 Å². The summed E-state index contributed by atoms with van der Waals surface area (Å²) < 4.78 is 37.9. The topological polar surface area (TPSA) is 54.1 Å². The first-order chi connectivity index (χ1) is 11.9. The van der Waals surface area contributed by atoms with Crippen molar-refractivity contribution >= 4 is 16.9 Å². The molecule has 2 N–H and O–H groups in total. The second-order valence-corrected chi connectivity index (χ2v) is 5.53. The van der Waals surface area contributed by atoms with Crippen LogP contribution in [0.3, 0.4) is 0 Å². The van der Waals surface area contributed by atoms with Gasteiger partial charge in [0, 0.05) is 17.1 Å². The number of carbonyl (C=O) groups is 1. The van der Waals surface area contributed by atoms with Crippen molar-refractivity contribution in [2.24, 2.45) is 0 Å². The summed E-state index contributed by atoms with van der Waals surface area (Å²) in [4.78, 5) is 19.9. The molecular weight excluding hydrogens is 333 g/mol. The van der Waals surface area contributed by atoms with E-state index in [0.29, 0.717) is 5.56 Å². The molecule has 0 unspecified atom stereocenters. The fourth-order valence-corrected chi connectivity index (χ4v) is 2.53. The highest BCUT2D eigenvalue weighted by Gasteiger charge is 2.30. The molecule has 0 radical (unpaired) electrons. The Balaban J connectivity index is 1.55. The highest BCUT2D eigenvalue weighted by Crippen LogP contribution is 2.29. The van der Waals surface area contributed by atoms with Crippen molar-refractivity contribution in [1.82, 2.24) is 10.5 Å². The number of aromatic amines is 1. The minimum Gasteiger partial charge on any atom is -0.370 e. The summed E-state index contributed by atoms with van der Waals surface area (Å²) in [5.74, 6) is -0.517. The second kappa shape index (κ2) is 6.98. The van der Waals surface area contributed by atoms with E-state index in [1.165, 1.54) is 12.1 Å². The maximum absolute atomic E-state index is 12.6. The lowest BCUT2D eigenvalue weighted by molar-refractivity contribution is -0.150. The summed E-state index contributed by atoms with van der Waals surface area (Å²) in [5.41, 5.74) is 3.76. The number of hydroxylamine groups is 1. The van der Waals surface area contributed by atoms with Crippen molar-refractivity contribution in [3.8, 4) is 0 Å². The predicted octanol–water partition coefficient (Wildman–Crippen LogP) is 3.98. The molecule has 3 rings (SSSR count). The van der Waals surface area contributed by atoms with E-state index >= 15 is 0 Å². The number of H-pyrrole nitrogens is 1. The minimum atomic E-state index is -4.40. The van der Waals surface area contributed by atoms with Crippen LogP contribution in [-0.4, -0.2) is 11.0 Å². The van der Waals surface area contributed by atoms with E-state index in [-0.39, 0.29) is 13.0 Å². The van der Waals surface area contributed by atoms with Gasteiger partial charge in [0.05, 0.1) is 18.5 Å². The van der Waals surface area contributed by atoms with Crippen LogP contribution in [-0.2, 0) is 28.8 Å². The van der Waals surface area contributed by atoms with Crippen LogP contribution in [0.2, 0.25) is 0 Å². The zero-order valence-corrected chi connectivity index (χ0v) is 13.1. The average molecular weight is 348 g/mol. The maximum atomic E-state index is 12.6. The van der Waals surface area contributed by atoms with Crippen LogP contribution in [0.25, 0.3) is 10.9 Å². The highest BCUT2D eigenvalue weighted by atomic mass is 19.4. The molecule has 7 heteroatoms. The lowest BCUT2D eigenvalue weighted by Crippen LogP contribution is -2.21. The number of para-hydroxylation sites is 1. The Morgan fingerprint density at radius 1 is 1.12 bits per heavy atom. The normalized spacial score (nSPS) is 11.6. The van der Waals surface area contributed by atoms with Crippen LogP contribution < -0.4 is 5.48 Å². The Hall–Kier alpha value is -2.80. The van der Waals surface area contributed by atoms with Crippen LogP contribution in [0.4, 0.5) is 13.2 Å². The van der Waals surface area contributed by atoms with Crippen LogP contribution in [0.5, 0.6) is 0 Å². The second-order valence-electron chi connectivity index (χ2n) is 5.53. The van der Waals surface area contributed by atoms with Crippen molar-refractivity contribution < 1.29 is 22.8 Å². The number of aromatic nitrogens is 1. The Bertz CT molecular complexity index is 887. The van der Waals surface area contributed by atoms with Crippen molar-refractivity contribution in [1.29, 1.82) is 0 Å². The summed E-state index contributed by atoms with van der Waals surface area (Å²) in [6, 6.07) is 12.4. The quantitative estimate of drug-likeness (QED) is 0.686. The van der Waals surface area contributed by atoms with Crippen molar-refractivity contribution in [2.75, 3.05) is 0 Å². The van der Waals surface area contributed by atoms with Crippen LogP contribution in [0.1, 0.15) is 16.7 Å². The van der Waals surface area contributed by atoms with E-state index < -0.39 is 17.7 Å². The fraction of sp³-hybridized carbons (Fsp3) is 0.167. The van der Waals surface area contributed by atoms with Crippen molar-refractivity contribution in [2.45, 2.75) is 19.1 Å². The highest BCUT2D eigenvalue weighted by molar-refractivity contribution is 5.87. The lowest BCUT2D eigenvalue weighted by Gasteiger charge is -2.09. The number of nitrogens with one attached hydrogen (secondary N) is 2. The summed E-state index contributed by atoms with van der Waals surface area (Å²) >= 11 is 0. The Morgan fingerprint density at radius 3 is 2.72 bits per heavy atom. The van der Waals surface area contributed by atoms with Crippen molar-refractivity contribution in [3.05, 3.63) is 71.4 Å². The van der Waals surface area contributed by atoms with Gasteiger partial charge in [0.1, 0.15) is 0 Å². The van der Waals surface area contributed by atoms with Gasteiger partial charge in [-0.25, -0.2) is 0 Å². The molecule has 0 saturated carbocycles. The molecule has 1 heterocycles. The summed E-state index contributed by atoms with van der Waals surface area (Å²) in [6.07, 6.45) is -2.61. The largest absolute Gasteiger partial charge is 0.416 e. The third-order valence-electron chi connectivity index (χ3n) is 3.73. The molecule has 4 nitrogen and oxygen atoms in total. The van der Waals surface area contributed by atoms with E-state index in [1.54, 1.807) is 6.20 Å². The molecule has 0 aliphatic carbocycles. The van der Waals surface area contributed by atoms with Gasteiger partial charge in [0.15, 0.2) is 0 Å². The number of benzene rings is 2. The van der Waals surface area contributed by atoms with Crippen molar-refractivity contribution in [3.63, 3.8) is 0 Å². The molecule has 3 aromatic rings. The molecule has 0 atom stereocenters. The molecule has 1 aromatic heterocycles. The smallest absolute Gasteiger partial charge is 0.370 e. The van der Waals surface area contributed by atoms with E-state index in [1.807, 2.05) is 24.3 Å². The molecular formula is C18H15F3N2O2. The first kappa shape index (κ1) is 17.0. The Morgan fingerprint density at radius 2 is 1.92 bits per heavy atom. The van der Waals surface area contributed by atoms with E-state index in [4.69, 9.17) is 4.84 Å². The summed E-state index contributed by atoms with van der Waals surface area (Å²) in [6.45, 7) is -0.0104. The van der Waals surface area contributed by atoms with Gasteiger partial charge in [0.25, 0.3) is 0 Å². The first-order valence-electron chi connectivity index (χ1n) is 7.57. The van der Waals surface area contributed by atoms with Gasteiger partial charge >= 0.3 is 12.1 Å². The number of hydrogen-bond donors (Lipinski definition) is 2. The zero-order valence-electron chi connectivity index (χ0n) is 13.1. The molecule has 0 aliphatic rings. The number of fused-ring (bicyclic) bond motifs is 1. The predicted molar refractivity (Wildman–Crippen MR) is 86.4 cm³/mol. The number of alkyl halides is 3. The maximum Gasteiger partial charge on any atom is 0.416 e. The van der Waals surface area contributed by atoms with E-state index in [0.717, 1.165) is 28.6 Å². The molecule has 0 spiro atoms. The average Bonchev–Trinajstić information content (AvgIpc) is 2.98. The standard InChI is InChI=1S/C18H15F3N2O2/c19-18(20,21)14-5-3-4-12(8-14)10-23-25-17(24)9-13-11-22-16-7-2-1-6-15(13)16/h1-8,11,22-23H,9-10H2. The zero-order chi connectivity index (χ0) is 17.9. The molecule has 0 saturated heterocycles. The number of halogens is 3. The SMILES string of the molecule is O=C(Cc1c[nH]c2ccccc12)ONCc1cccc(C(F)(F)F)c1. The van der Waals surface area contributed by atoms with Gasteiger partial charge in [-0.15, -0.1) is 5.48 Å². The molecule has 2 aromatic carbocycles.